The molecule has 114 valence electrons. The van der Waals surface area contributed by atoms with Gasteiger partial charge in [0, 0.05) is 5.41 Å². The molecule has 1 heteroatoms. The van der Waals surface area contributed by atoms with Crippen molar-refractivity contribution in [3.8, 4) is 28.0 Å². The Hall–Kier alpha value is -2.54. The lowest BCUT2D eigenvalue weighted by molar-refractivity contribution is 0.415. The maximum atomic E-state index is 5.29. The van der Waals surface area contributed by atoms with Crippen molar-refractivity contribution in [2.75, 3.05) is 7.11 Å². The van der Waals surface area contributed by atoms with Crippen molar-refractivity contribution in [1.82, 2.24) is 0 Å². The van der Waals surface area contributed by atoms with Crippen molar-refractivity contribution >= 4 is 0 Å². The zero-order valence-corrected chi connectivity index (χ0v) is 13.8. The molecule has 0 N–H and O–H groups in total. The summed E-state index contributed by atoms with van der Waals surface area (Å²) in [6.45, 7) is 4.65. The summed E-state index contributed by atoms with van der Waals surface area (Å²) in [6.07, 6.45) is 0. The third-order valence-electron chi connectivity index (χ3n) is 4.98. The first-order chi connectivity index (χ1) is 11.1. The summed E-state index contributed by atoms with van der Waals surface area (Å²) in [6, 6.07) is 23.8. The van der Waals surface area contributed by atoms with Gasteiger partial charge in [0.25, 0.3) is 0 Å². The third kappa shape index (κ3) is 2.00. The number of methoxy groups -OCH3 is 1. The van der Waals surface area contributed by atoms with E-state index in [1.165, 1.54) is 33.4 Å². The smallest absolute Gasteiger partial charge is 0.118 e. The fraction of sp³-hybridized carbons (Fsp3) is 0.182. The number of hydrogen-bond donors (Lipinski definition) is 0. The largest absolute Gasteiger partial charge is 0.497 e. The average Bonchev–Trinajstić information content (AvgIpc) is 2.84. The summed E-state index contributed by atoms with van der Waals surface area (Å²) < 4.78 is 5.29. The van der Waals surface area contributed by atoms with Gasteiger partial charge in [0.2, 0.25) is 0 Å². The van der Waals surface area contributed by atoms with Crippen LogP contribution in [0.1, 0.15) is 25.0 Å². The molecule has 0 heterocycles. The molecular formula is C22H20O. The van der Waals surface area contributed by atoms with Crippen molar-refractivity contribution in [2.45, 2.75) is 19.3 Å². The second-order valence-corrected chi connectivity index (χ2v) is 6.63. The minimum absolute atomic E-state index is 0.0163. The molecule has 3 aromatic rings. The van der Waals surface area contributed by atoms with Crippen LogP contribution in [-0.2, 0) is 5.41 Å². The molecule has 1 nitrogen and oxygen atoms in total. The Morgan fingerprint density at radius 1 is 0.696 bits per heavy atom. The van der Waals surface area contributed by atoms with Crippen LogP contribution in [0.3, 0.4) is 0 Å². The van der Waals surface area contributed by atoms with Gasteiger partial charge in [-0.25, -0.2) is 0 Å². The summed E-state index contributed by atoms with van der Waals surface area (Å²) in [7, 11) is 1.70. The Balaban J connectivity index is 1.96. The van der Waals surface area contributed by atoms with Gasteiger partial charge in [-0.3, -0.25) is 0 Å². The Labute approximate surface area is 137 Å². The first-order valence-corrected chi connectivity index (χ1v) is 8.01. The molecule has 4 rings (SSSR count). The quantitative estimate of drug-likeness (QED) is 0.592. The number of ether oxygens (including phenoxy) is 1. The van der Waals surface area contributed by atoms with Gasteiger partial charge < -0.3 is 4.74 Å². The van der Waals surface area contributed by atoms with E-state index in [0.717, 1.165) is 5.75 Å². The highest BCUT2D eigenvalue weighted by molar-refractivity contribution is 5.88. The Kier molecular flexibility index (Phi) is 3.05. The standard InChI is InChI=1S/C22H20O/c1-22(2)20-10-5-4-7-18(20)19-9-6-8-17(21(19)22)15-11-13-16(23-3)14-12-15/h4-14H,1-3H3. The zero-order chi connectivity index (χ0) is 16.0. The van der Waals surface area contributed by atoms with Gasteiger partial charge in [0.15, 0.2) is 0 Å². The maximum Gasteiger partial charge on any atom is 0.118 e. The predicted molar refractivity (Wildman–Crippen MR) is 96.0 cm³/mol. The van der Waals surface area contributed by atoms with Crippen molar-refractivity contribution in [3.63, 3.8) is 0 Å². The summed E-state index contributed by atoms with van der Waals surface area (Å²) in [5, 5.41) is 0. The molecule has 0 amide bonds. The van der Waals surface area contributed by atoms with Crippen LogP contribution in [0.5, 0.6) is 5.75 Å². The fourth-order valence-electron chi connectivity index (χ4n) is 3.86. The highest BCUT2D eigenvalue weighted by Crippen LogP contribution is 2.51. The highest BCUT2D eigenvalue weighted by Gasteiger charge is 2.37. The van der Waals surface area contributed by atoms with Crippen LogP contribution in [0.2, 0.25) is 0 Å². The normalized spacial score (nSPS) is 14.2. The topological polar surface area (TPSA) is 9.23 Å². The molecule has 0 bridgehead atoms. The molecule has 0 atom stereocenters. The number of benzene rings is 3. The van der Waals surface area contributed by atoms with E-state index in [9.17, 15) is 0 Å². The van der Waals surface area contributed by atoms with E-state index in [4.69, 9.17) is 4.74 Å². The van der Waals surface area contributed by atoms with Crippen molar-refractivity contribution in [3.05, 3.63) is 77.9 Å². The van der Waals surface area contributed by atoms with E-state index in [1.807, 2.05) is 12.1 Å². The van der Waals surface area contributed by atoms with Gasteiger partial charge in [0.05, 0.1) is 7.11 Å². The minimum atomic E-state index is 0.0163. The Bertz CT molecular complexity index is 873. The summed E-state index contributed by atoms with van der Waals surface area (Å²) in [5.74, 6) is 0.892. The lowest BCUT2D eigenvalue weighted by Crippen LogP contribution is -2.16. The van der Waals surface area contributed by atoms with Crippen molar-refractivity contribution in [2.24, 2.45) is 0 Å². The van der Waals surface area contributed by atoms with E-state index < -0.39 is 0 Å². The SMILES string of the molecule is COc1ccc(-c2cccc3c2C(C)(C)c2ccccc2-3)cc1. The van der Waals surface area contributed by atoms with E-state index in [0.29, 0.717) is 0 Å². The molecule has 23 heavy (non-hydrogen) atoms. The molecular weight excluding hydrogens is 280 g/mol. The Morgan fingerprint density at radius 2 is 1.35 bits per heavy atom. The van der Waals surface area contributed by atoms with Crippen LogP contribution in [-0.4, -0.2) is 7.11 Å². The van der Waals surface area contributed by atoms with Gasteiger partial charge in [-0.1, -0.05) is 68.4 Å². The van der Waals surface area contributed by atoms with Crippen LogP contribution < -0.4 is 4.74 Å². The molecule has 0 saturated heterocycles. The number of rotatable bonds is 2. The molecule has 0 aliphatic heterocycles. The van der Waals surface area contributed by atoms with E-state index in [2.05, 4.69) is 68.4 Å². The first kappa shape index (κ1) is 14.1. The second kappa shape index (κ2) is 4.99. The van der Waals surface area contributed by atoms with Crippen LogP contribution in [0.25, 0.3) is 22.3 Å². The maximum absolute atomic E-state index is 5.29. The van der Waals surface area contributed by atoms with Crippen LogP contribution in [0.15, 0.2) is 66.7 Å². The fourth-order valence-corrected chi connectivity index (χ4v) is 3.86. The van der Waals surface area contributed by atoms with Crippen molar-refractivity contribution in [1.29, 1.82) is 0 Å². The lowest BCUT2D eigenvalue weighted by atomic mass is 9.79. The van der Waals surface area contributed by atoms with E-state index in [-0.39, 0.29) is 5.41 Å². The minimum Gasteiger partial charge on any atom is -0.497 e. The van der Waals surface area contributed by atoms with E-state index >= 15 is 0 Å². The van der Waals surface area contributed by atoms with E-state index in [1.54, 1.807) is 7.11 Å². The monoisotopic (exact) mass is 300 g/mol. The van der Waals surface area contributed by atoms with Gasteiger partial charge >= 0.3 is 0 Å². The predicted octanol–water partition coefficient (Wildman–Crippen LogP) is 5.67. The summed E-state index contributed by atoms with van der Waals surface area (Å²) in [4.78, 5) is 0. The molecule has 1 aliphatic rings. The molecule has 0 radical (unpaired) electrons. The first-order valence-electron chi connectivity index (χ1n) is 8.01. The lowest BCUT2D eigenvalue weighted by Gasteiger charge is -2.24. The third-order valence-corrected chi connectivity index (χ3v) is 4.98. The van der Waals surface area contributed by atoms with Gasteiger partial charge in [-0.2, -0.15) is 0 Å². The molecule has 0 unspecified atom stereocenters. The second-order valence-electron chi connectivity index (χ2n) is 6.63. The molecule has 0 saturated carbocycles. The molecule has 3 aromatic carbocycles. The molecule has 0 aromatic heterocycles. The summed E-state index contributed by atoms with van der Waals surface area (Å²) >= 11 is 0. The number of hydrogen-bond acceptors (Lipinski definition) is 1. The van der Waals surface area contributed by atoms with Gasteiger partial charge in [-0.05, 0) is 45.5 Å². The van der Waals surface area contributed by atoms with Crippen LogP contribution in [0, 0.1) is 0 Å². The Morgan fingerprint density at radius 3 is 2.09 bits per heavy atom. The number of fused-ring (bicyclic) bond motifs is 3. The van der Waals surface area contributed by atoms with Gasteiger partial charge in [0.1, 0.15) is 5.75 Å². The van der Waals surface area contributed by atoms with Crippen LogP contribution in [0.4, 0.5) is 0 Å². The molecule has 1 aliphatic carbocycles. The molecule has 0 spiro atoms. The van der Waals surface area contributed by atoms with Crippen LogP contribution >= 0.6 is 0 Å². The van der Waals surface area contributed by atoms with Crippen molar-refractivity contribution < 1.29 is 4.74 Å². The highest BCUT2D eigenvalue weighted by atomic mass is 16.5. The molecule has 0 fully saturated rings. The average molecular weight is 300 g/mol. The zero-order valence-electron chi connectivity index (χ0n) is 13.8. The summed E-state index contributed by atoms with van der Waals surface area (Å²) in [5.41, 5.74) is 8.13. The van der Waals surface area contributed by atoms with Gasteiger partial charge in [-0.15, -0.1) is 0 Å².